The molecule has 2 aromatic rings. The van der Waals surface area contributed by atoms with Crippen LogP contribution < -0.4 is 5.32 Å². The average molecular weight is 281 g/mol. The molecule has 0 amide bonds. The van der Waals surface area contributed by atoms with Crippen LogP contribution in [0, 0.1) is 5.92 Å². The van der Waals surface area contributed by atoms with E-state index in [9.17, 15) is 0 Å². The largest absolute Gasteiger partial charge is 0.381 e. The minimum Gasteiger partial charge on any atom is -0.381 e. The summed E-state index contributed by atoms with van der Waals surface area (Å²) in [6.07, 6.45) is 1.08. The second kappa shape index (κ2) is 6.88. The lowest BCUT2D eigenvalue weighted by Crippen LogP contribution is -2.43. The van der Waals surface area contributed by atoms with Crippen LogP contribution in [0.25, 0.3) is 0 Å². The molecule has 2 aromatic carbocycles. The zero-order valence-electron chi connectivity index (χ0n) is 12.5. The van der Waals surface area contributed by atoms with Crippen molar-refractivity contribution in [3.8, 4) is 0 Å². The summed E-state index contributed by atoms with van der Waals surface area (Å²) >= 11 is 0. The number of ether oxygens (including phenoxy) is 1. The number of nitrogens with one attached hydrogen (secondary N) is 1. The molecule has 2 nitrogen and oxygen atoms in total. The van der Waals surface area contributed by atoms with Gasteiger partial charge in [-0.25, -0.2) is 0 Å². The van der Waals surface area contributed by atoms with Crippen molar-refractivity contribution in [1.29, 1.82) is 0 Å². The minimum absolute atomic E-state index is 0.248. The number of hydrogen-bond acceptors (Lipinski definition) is 2. The van der Waals surface area contributed by atoms with E-state index in [1.54, 1.807) is 0 Å². The molecule has 1 aliphatic rings. The van der Waals surface area contributed by atoms with Crippen LogP contribution in [0.3, 0.4) is 0 Å². The first-order valence-corrected chi connectivity index (χ1v) is 7.78. The van der Waals surface area contributed by atoms with Gasteiger partial charge in [0.05, 0.1) is 12.6 Å². The molecule has 2 heteroatoms. The first kappa shape index (κ1) is 14.3. The molecule has 0 radical (unpaired) electrons. The zero-order chi connectivity index (χ0) is 14.5. The summed E-state index contributed by atoms with van der Waals surface area (Å²) in [5, 5.41) is 3.86. The van der Waals surface area contributed by atoms with Gasteiger partial charge in [-0.3, -0.25) is 0 Å². The van der Waals surface area contributed by atoms with E-state index >= 15 is 0 Å². The maximum Gasteiger partial charge on any atom is 0.0578 e. The molecule has 1 saturated heterocycles. The van der Waals surface area contributed by atoms with Crippen molar-refractivity contribution in [2.45, 2.75) is 25.4 Å². The Labute approximate surface area is 127 Å². The van der Waals surface area contributed by atoms with Crippen molar-refractivity contribution in [3.63, 3.8) is 0 Å². The van der Waals surface area contributed by atoms with Crippen LogP contribution >= 0.6 is 0 Å². The summed E-state index contributed by atoms with van der Waals surface area (Å²) in [7, 11) is 0. The topological polar surface area (TPSA) is 21.3 Å². The first-order chi connectivity index (χ1) is 10.3. The fraction of sp³-hybridized carbons (Fsp3) is 0.368. The third-order valence-electron chi connectivity index (χ3n) is 4.29. The molecule has 1 heterocycles. The summed E-state index contributed by atoms with van der Waals surface area (Å²) in [6.45, 7) is 3.98. The summed E-state index contributed by atoms with van der Waals surface area (Å²) in [5.41, 5.74) is 2.64. The van der Waals surface area contributed by atoms with Crippen molar-refractivity contribution in [1.82, 2.24) is 5.32 Å². The van der Waals surface area contributed by atoms with Gasteiger partial charge >= 0.3 is 0 Å². The molecule has 0 saturated carbocycles. The Morgan fingerprint density at radius 3 is 2.05 bits per heavy atom. The standard InChI is InChI=1S/C19H23NO/c1-15-14-21-13-12-18(15)20-19(16-8-4-2-5-9-16)17-10-6-3-7-11-17/h2-11,15,18-20H,12-14H2,1H3. The van der Waals surface area contributed by atoms with Crippen LogP contribution in [0.4, 0.5) is 0 Å². The Hall–Kier alpha value is -1.64. The maximum atomic E-state index is 5.56. The highest BCUT2D eigenvalue weighted by Gasteiger charge is 2.25. The highest BCUT2D eigenvalue weighted by atomic mass is 16.5. The third-order valence-corrected chi connectivity index (χ3v) is 4.29. The van der Waals surface area contributed by atoms with Gasteiger partial charge in [0.15, 0.2) is 0 Å². The van der Waals surface area contributed by atoms with Gasteiger partial charge in [-0.1, -0.05) is 67.6 Å². The fourth-order valence-electron chi connectivity index (χ4n) is 3.02. The Kier molecular flexibility index (Phi) is 4.69. The van der Waals surface area contributed by atoms with E-state index < -0.39 is 0 Å². The molecule has 1 fully saturated rings. The fourth-order valence-corrected chi connectivity index (χ4v) is 3.02. The molecule has 0 aliphatic carbocycles. The van der Waals surface area contributed by atoms with Gasteiger partial charge in [0.1, 0.15) is 0 Å². The summed E-state index contributed by atoms with van der Waals surface area (Å²) in [5.74, 6) is 0.550. The summed E-state index contributed by atoms with van der Waals surface area (Å²) in [4.78, 5) is 0. The molecule has 21 heavy (non-hydrogen) atoms. The summed E-state index contributed by atoms with van der Waals surface area (Å²) in [6, 6.07) is 22.2. The van der Waals surface area contributed by atoms with Crippen molar-refractivity contribution in [2.75, 3.05) is 13.2 Å². The lowest BCUT2D eigenvalue weighted by molar-refractivity contribution is 0.0370. The number of benzene rings is 2. The molecule has 0 bridgehead atoms. The molecule has 2 atom stereocenters. The van der Waals surface area contributed by atoms with E-state index in [-0.39, 0.29) is 6.04 Å². The van der Waals surface area contributed by atoms with Gasteiger partial charge in [0, 0.05) is 12.6 Å². The Morgan fingerprint density at radius 1 is 0.952 bits per heavy atom. The average Bonchev–Trinajstić information content (AvgIpc) is 2.56. The van der Waals surface area contributed by atoms with Crippen LogP contribution in [0.1, 0.15) is 30.5 Å². The van der Waals surface area contributed by atoms with Gasteiger partial charge in [-0.05, 0) is 23.5 Å². The van der Waals surface area contributed by atoms with Gasteiger partial charge in [0.2, 0.25) is 0 Å². The second-order valence-corrected chi connectivity index (χ2v) is 5.87. The second-order valence-electron chi connectivity index (χ2n) is 5.87. The van der Waals surface area contributed by atoms with Crippen molar-refractivity contribution in [2.24, 2.45) is 5.92 Å². The molecule has 2 unspecified atom stereocenters. The monoisotopic (exact) mass is 281 g/mol. The van der Waals surface area contributed by atoms with Crippen LogP contribution in [-0.4, -0.2) is 19.3 Å². The Balaban J connectivity index is 1.86. The van der Waals surface area contributed by atoms with Crippen LogP contribution in [0.5, 0.6) is 0 Å². The third kappa shape index (κ3) is 3.52. The predicted octanol–water partition coefficient (Wildman–Crippen LogP) is 3.79. The van der Waals surface area contributed by atoms with Crippen LogP contribution in [0.15, 0.2) is 60.7 Å². The Morgan fingerprint density at radius 2 is 1.52 bits per heavy atom. The normalized spacial score (nSPS) is 22.4. The van der Waals surface area contributed by atoms with E-state index in [2.05, 4.69) is 72.9 Å². The molecule has 3 rings (SSSR count). The lowest BCUT2D eigenvalue weighted by atomic mass is 9.92. The van der Waals surface area contributed by atoms with Gasteiger partial charge in [-0.15, -0.1) is 0 Å². The van der Waals surface area contributed by atoms with Crippen molar-refractivity contribution in [3.05, 3.63) is 71.8 Å². The first-order valence-electron chi connectivity index (χ1n) is 7.78. The zero-order valence-corrected chi connectivity index (χ0v) is 12.5. The van der Waals surface area contributed by atoms with Crippen LogP contribution in [0.2, 0.25) is 0 Å². The number of rotatable bonds is 4. The smallest absolute Gasteiger partial charge is 0.0578 e. The maximum absolute atomic E-state index is 5.56. The van der Waals surface area contributed by atoms with E-state index in [1.807, 2.05) is 0 Å². The molecule has 0 spiro atoms. The van der Waals surface area contributed by atoms with E-state index in [4.69, 9.17) is 4.74 Å². The predicted molar refractivity (Wildman–Crippen MR) is 86.3 cm³/mol. The molecule has 110 valence electrons. The molecule has 0 aromatic heterocycles. The quantitative estimate of drug-likeness (QED) is 0.920. The molecule has 1 aliphatic heterocycles. The minimum atomic E-state index is 0.248. The van der Waals surface area contributed by atoms with Crippen molar-refractivity contribution < 1.29 is 4.74 Å². The molecular weight excluding hydrogens is 258 g/mol. The van der Waals surface area contributed by atoms with E-state index in [1.165, 1.54) is 11.1 Å². The SMILES string of the molecule is CC1COCCC1NC(c1ccccc1)c1ccccc1. The summed E-state index contributed by atoms with van der Waals surface area (Å²) < 4.78 is 5.56. The number of hydrogen-bond donors (Lipinski definition) is 1. The van der Waals surface area contributed by atoms with Gasteiger partial charge in [0.25, 0.3) is 0 Å². The highest BCUT2D eigenvalue weighted by Crippen LogP contribution is 2.25. The highest BCUT2D eigenvalue weighted by molar-refractivity contribution is 5.31. The van der Waals surface area contributed by atoms with E-state index in [0.717, 1.165) is 19.6 Å². The van der Waals surface area contributed by atoms with Crippen LogP contribution in [-0.2, 0) is 4.74 Å². The Bertz CT molecular complexity index is 501. The van der Waals surface area contributed by atoms with Crippen molar-refractivity contribution >= 4 is 0 Å². The molecule has 1 N–H and O–H groups in total. The van der Waals surface area contributed by atoms with Gasteiger partial charge in [-0.2, -0.15) is 0 Å². The molecular formula is C19H23NO. The van der Waals surface area contributed by atoms with E-state index in [0.29, 0.717) is 12.0 Å². The lowest BCUT2D eigenvalue weighted by Gasteiger charge is -2.33. The van der Waals surface area contributed by atoms with Gasteiger partial charge < -0.3 is 10.1 Å².